The van der Waals surface area contributed by atoms with Crippen LogP contribution in [0, 0.1) is 0 Å². The first-order valence-corrected chi connectivity index (χ1v) is 8.53. The van der Waals surface area contributed by atoms with Gasteiger partial charge in [-0.05, 0) is 54.6 Å². The van der Waals surface area contributed by atoms with Gasteiger partial charge < -0.3 is 24.8 Å². The van der Waals surface area contributed by atoms with Gasteiger partial charge in [0.25, 0.3) is 5.91 Å². The fraction of sp³-hybridized carbons (Fsp3) is 0.143. The Morgan fingerprint density at radius 1 is 0.821 bits per heavy atom. The summed E-state index contributed by atoms with van der Waals surface area (Å²) in [6, 6.07) is 16.1. The van der Waals surface area contributed by atoms with E-state index in [1.165, 1.54) is 7.11 Å². The summed E-state index contributed by atoms with van der Waals surface area (Å²) >= 11 is 0. The van der Waals surface area contributed by atoms with Crippen molar-refractivity contribution in [2.45, 2.75) is 0 Å². The second-order valence-electron chi connectivity index (χ2n) is 5.81. The maximum absolute atomic E-state index is 12.4. The molecule has 0 aliphatic carbocycles. The Labute approximate surface area is 163 Å². The fourth-order valence-corrected chi connectivity index (χ4v) is 2.55. The summed E-state index contributed by atoms with van der Waals surface area (Å²) in [5.41, 5.74) is 2.15. The number of nitrogens with zero attached hydrogens (tertiary/aromatic N) is 1. The summed E-state index contributed by atoms with van der Waals surface area (Å²) in [6.07, 6.45) is 1.65. The normalized spacial score (nSPS) is 10.1. The van der Waals surface area contributed by atoms with Crippen LogP contribution in [0.5, 0.6) is 17.2 Å². The topological polar surface area (TPSA) is 81.7 Å². The predicted octanol–water partition coefficient (Wildman–Crippen LogP) is 4.10. The maximum Gasteiger partial charge on any atom is 0.256 e. The van der Waals surface area contributed by atoms with Gasteiger partial charge in [0, 0.05) is 11.3 Å². The molecule has 1 amide bonds. The molecule has 0 saturated heterocycles. The largest absolute Gasteiger partial charge is 0.497 e. The molecule has 2 aromatic carbocycles. The van der Waals surface area contributed by atoms with Crippen LogP contribution in [-0.4, -0.2) is 32.2 Å². The predicted molar refractivity (Wildman–Crippen MR) is 108 cm³/mol. The molecule has 3 aromatic rings. The Balaban J connectivity index is 1.65. The minimum absolute atomic E-state index is 0.288. The third kappa shape index (κ3) is 4.50. The monoisotopic (exact) mass is 379 g/mol. The van der Waals surface area contributed by atoms with E-state index in [1.54, 1.807) is 44.7 Å². The number of aromatic nitrogens is 1. The van der Waals surface area contributed by atoms with Gasteiger partial charge in [0.1, 0.15) is 11.6 Å². The number of carbonyl (C=O) groups excluding carboxylic acids is 1. The van der Waals surface area contributed by atoms with Crippen molar-refractivity contribution in [2.24, 2.45) is 0 Å². The quantitative estimate of drug-likeness (QED) is 0.643. The molecule has 0 spiro atoms. The highest BCUT2D eigenvalue weighted by Crippen LogP contribution is 2.28. The van der Waals surface area contributed by atoms with Crippen molar-refractivity contribution >= 4 is 23.1 Å². The number of hydrogen-bond acceptors (Lipinski definition) is 6. The van der Waals surface area contributed by atoms with E-state index in [1.807, 2.05) is 30.3 Å². The van der Waals surface area contributed by atoms with Gasteiger partial charge in [-0.3, -0.25) is 4.79 Å². The molecule has 0 aliphatic rings. The van der Waals surface area contributed by atoms with Gasteiger partial charge in [0.15, 0.2) is 11.5 Å². The number of amides is 1. The second kappa shape index (κ2) is 8.77. The van der Waals surface area contributed by atoms with Crippen LogP contribution in [0.1, 0.15) is 10.4 Å². The van der Waals surface area contributed by atoms with E-state index in [9.17, 15) is 4.79 Å². The van der Waals surface area contributed by atoms with Gasteiger partial charge in [-0.1, -0.05) is 0 Å². The van der Waals surface area contributed by atoms with Crippen LogP contribution in [0.2, 0.25) is 0 Å². The molecule has 0 bridgehead atoms. The average Bonchev–Trinajstić information content (AvgIpc) is 2.75. The molecule has 7 heteroatoms. The number of ether oxygens (including phenoxy) is 3. The summed E-state index contributed by atoms with van der Waals surface area (Å²) < 4.78 is 15.5. The van der Waals surface area contributed by atoms with Crippen molar-refractivity contribution in [1.82, 2.24) is 4.98 Å². The summed E-state index contributed by atoms with van der Waals surface area (Å²) in [5, 5.41) is 6.00. The van der Waals surface area contributed by atoms with E-state index in [0.717, 1.165) is 17.1 Å². The van der Waals surface area contributed by atoms with E-state index >= 15 is 0 Å². The molecule has 1 aromatic heterocycles. The fourth-order valence-electron chi connectivity index (χ4n) is 2.55. The van der Waals surface area contributed by atoms with Gasteiger partial charge in [-0.25, -0.2) is 4.98 Å². The van der Waals surface area contributed by atoms with Crippen molar-refractivity contribution in [1.29, 1.82) is 0 Å². The van der Waals surface area contributed by atoms with Crippen LogP contribution in [0.4, 0.5) is 17.2 Å². The lowest BCUT2D eigenvalue weighted by molar-refractivity contribution is 0.102. The average molecular weight is 379 g/mol. The van der Waals surface area contributed by atoms with Crippen molar-refractivity contribution in [3.8, 4) is 17.2 Å². The molecule has 0 saturated carbocycles. The Hall–Kier alpha value is -3.74. The highest BCUT2D eigenvalue weighted by molar-refractivity contribution is 6.04. The standard InChI is InChI=1S/C21H21N3O4/c1-26-17-8-5-15(6-9-17)23-16-7-11-20(22-13-16)24-21(25)14-4-10-18(27-2)19(12-14)28-3/h4-13,23H,1-3H3,(H,22,24,25). The lowest BCUT2D eigenvalue weighted by Gasteiger charge is -2.10. The van der Waals surface area contributed by atoms with E-state index < -0.39 is 0 Å². The van der Waals surface area contributed by atoms with Crippen molar-refractivity contribution < 1.29 is 19.0 Å². The maximum atomic E-state index is 12.4. The minimum Gasteiger partial charge on any atom is -0.497 e. The molecular formula is C21H21N3O4. The van der Waals surface area contributed by atoms with E-state index in [4.69, 9.17) is 14.2 Å². The number of methoxy groups -OCH3 is 3. The minimum atomic E-state index is -0.288. The zero-order valence-corrected chi connectivity index (χ0v) is 15.9. The van der Waals surface area contributed by atoms with Gasteiger partial charge in [0.2, 0.25) is 0 Å². The number of nitrogens with one attached hydrogen (secondary N) is 2. The summed E-state index contributed by atoms with van der Waals surface area (Å²) in [7, 11) is 4.69. The molecule has 3 rings (SSSR count). The van der Waals surface area contributed by atoms with Crippen molar-refractivity contribution in [3.63, 3.8) is 0 Å². The first-order chi connectivity index (χ1) is 13.6. The van der Waals surface area contributed by atoms with E-state index in [-0.39, 0.29) is 5.91 Å². The van der Waals surface area contributed by atoms with Crippen LogP contribution >= 0.6 is 0 Å². The molecule has 7 nitrogen and oxygen atoms in total. The Morgan fingerprint density at radius 2 is 1.54 bits per heavy atom. The van der Waals surface area contributed by atoms with E-state index in [0.29, 0.717) is 22.9 Å². The summed E-state index contributed by atoms with van der Waals surface area (Å²) in [6.45, 7) is 0. The number of carbonyl (C=O) groups is 1. The molecule has 144 valence electrons. The van der Waals surface area contributed by atoms with Crippen molar-refractivity contribution in [3.05, 3.63) is 66.4 Å². The Kier molecular flexibility index (Phi) is 5.96. The number of benzene rings is 2. The second-order valence-corrected chi connectivity index (χ2v) is 5.81. The van der Waals surface area contributed by atoms with Crippen LogP contribution < -0.4 is 24.8 Å². The SMILES string of the molecule is COc1ccc(Nc2ccc(NC(=O)c3ccc(OC)c(OC)c3)nc2)cc1. The lowest BCUT2D eigenvalue weighted by Crippen LogP contribution is -2.13. The number of pyridine rings is 1. The summed E-state index contributed by atoms with van der Waals surface area (Å²) in [4.78, 5) is 16.7. The van der Waals surface area contributed by atoms with Crippen LogP contribution in [0.3, 0.4) is 0 Å². The third-order valence-corrected chi connectivity index (χ3v) is 4.03. The highest BCUT2D eigenvalue weighted by atomic mass is 16.5. The molecule has 28 heavy (non-hydrogen) atoms. The van der Waals surface area contributed by atoms with E-state index in [2.05, 4.69) is 15.6 Å². The molecule has 1 heterocycles. The number of hydrogen-bond donors (Lipinski definition) is 2. The first-order valence-electron chi connectivity index (χ1n) is 8.53. The van der Waals surface area contributed by atoms with Gasteiger partial charge in [-0.2, -0.15) is 0 Å². The first kappa shape index (κ1) is 19.0. The molecule has 0 aliphatic heterocycles. The Bertz CT molecular complexity index is 941. The van der Waals surface area contributed by atoms with Gasteiger partial charge in [0.05, 0.1) is 33.2 Å². The molecule has 0 radical (unpaired) electrons. The van der Waals surface area contributed by atoms with Crippen LogP contribution in [0.15, 0.2) is 60.8 Å². The molecular weight excluding hydrogens is 358 g/mol. The molecule has 2 N–H and O–H groups in total. The zero-order chi connectivity index (χ0) is 19.9. The van der Waals surface area contributed by atoms with Crippen LogP contribution in [-0.2, 0) is 0 Å². The Morgan fingerprint density at radius 3 is 2.14 bits per heavy atom. The molecule has 0 fully saturated rings. The van der Waals surface area contributed by atoms with Crippen LogP contribution in [0.25, 0.3) is 0 Å². The highest BCUT2D eigenvalue weighted by Gasteiger charge is 2.11. The number of rotatable bonds is 7. The smallest absolute Gasteiger partial charge is 0.256 e. The molecule has 0 atom stereocenters. The summed E-state index contributed by atoms with van der Waals surface area (Å²) in [5.74, 6) is 1.99. The van der Waals surface area contributed by atoms with Gasteiger partial charge >= 0.3 is 0 Å². The molecule has 0 unspecified atom stereocenters. The van der Waals surface area contributed by atoms with Crippen molar-refractivity contribution in [2.75, 3.05) is 32.0 Å². The number of anilines is 3. The zero-order valence-electron chi connectivity index (χ0n) is 15.9. The lowest BCUT2D eigenvalue weighted by atomic mass is 10.2. The third-order valence-electron chi connectivity index (χ3n) is 4.03. The van der Waals surface area contributed by atoms with Gasteiger partial charge in [-0.15, -0.1) is 0 Å².